The van der Waals surface area contributed by atoms with Gasteiger partial charge in [0.1, 0.15) is 0 Å². The molecule has 3 rings (SSSR count). The quantitative estimate of drug-likeness (QED) is 0.603. The van der Waals surface area contributed by atoms with Gasteiger partial charge in [-0.25, -0.2) is 9.31 Å². The van der Waals surface area contributed by atoms with Crippen LogP contribution < -0.4 is 9.47 Å². The molecular weight excluding hydrogens is 360 g/mol. The van der Waals surface area contributed by atoms with Crippen LogP contribution in [0, 0.1) is 6.92 Å². The molecule has 0 unspecified atom stereocenters. The Morgan fingerprint density at radius 2 is 1.86 bits per heavy atom. The van der Waals surface area contributed by atoms with E-state index in [0.717, 1.165) is 16.8 Å². The predicted molar refractivity (Wildman–Crippen MR) is 104 cm³/mol. The molecule has 3 aromatic rings. The lowest BCUT2D eigenvalue weighted by molar-refractivity contribution is 0.0367. The largest absolute Gasteiger partial charge is 0.493 e. The van der Waals surface area contributed by atoms with E-state index in [1.807, 2.05) is 25.1 Å². The number of carbonyl (C=O) groups is 1. The fourth-order valence-corrected chi connectivity index (χ4v) is 3.04. The molecule has 0 saturated heterocycles. The van der Waals surface area contributed by atoms with E-state index in [0.29, 0.717) is 29.3 Å². The van der Waals surface area contributed by atoms with Crippen molar-refractivity contribution < 1.29 is 19.0 Å². The summed E-state index contributed by atoms with van der Waals surface area (Å²) in [4.78, 5) is 12.3. The Kier molecular flexibility index (Phi) is 5.48. The number of benzene rings is 1. The summed E-state index contributed by atoms with van der Waals surface area (Å²) in [6.45, 7) is 7.38. The highest BCUT2D eigenvalue weighted by Gasteiger charge is 2.23. The Balaban J connectivity index is 2.19. The second kappa shape index (κ2) is 7.84. The highest BCUT2D eigenvalue weighted by molar-refractivity contribution is 5.89. The van der Waals surface area contributed by atoms with Gasteiger partial charge in [0.2, 0.25) is 0 Å². The Bertz CT molecular complexity index is 1030. The number of carbonyl (C=O) groups excluding carboxylic acids is 1. The second-order valence-electron chi connectivity index (χ2n) is 6.57. The average Bonchev–Trinajstić information content (AvgIpc) is 3.06. The zero-order valence-corrected chi connectivity index (χ0v) is 16.9. The van der Waals surface area contributed by atoms with Crippen molar-refractivity contribution >= 4 is 11.6 Å². The number of hydrogen-bond donors (Lipinski definition) is 0. The molecule has 1 aromatic carbocycles. The van der Waals surface area contributed by atoms with Gasteiger partial charge >= 0.3 is 5.97 Å². The highest BCUT2D eigenvalue weighted by atomic mass is 16.5. The van der Waals surface area contributed by atoms with E-state index in [9.17, 15) is 4.79 Å². The Morgan fingerprint density at radius 1 is 1.14 bits per heavy atom. The molecule has 2 aromatic heterocycles. The van der Waals surface area contributed by atoms with E-state index in [1.165, 1.54) is 0 Å². The SMILES string of the molecule is CCc1nn2c(C)c(C(=O)OC(C)C)nnc2c1-c1ccc(OC)c(OC)c1. The zero-order chi connectivity index (χ0) is 20.4. The number of rotatable bonds is 6. The minimum Gasteiger partial charge on any atom is -0.493 e. The zero-order valence-electron chi connectivity index (χ0n) is 16.9. The standard InChI is InChI=1S/C20H24N4O4/c1-7-14-17(13-8-9-15(26-5)16(10-13)27-6)19-22-21-18(12(4)24(19)23-14)20(25)28-11(2)3/h8-11H,7H2,1-6H3. The molecule has 0 aliphatic rings. The number of ether oxygens (including phenoxy) is 3. The second-order valence-corrected chi connectivity index (χ2v) is 6.57. The first-order valence-electron chi connectivity index (χ1n) is 9.09. The molecule has 0 radical (unpaired) electrons. The number of hydrogen-bond acceptors (Lipinski definition) is 7. The van der Waals surface area contributed by atoms with Crippen molar-refractivity contribution in [3.8, 4) is 22.6 Å². The number of aryl methyl sites for hydroxylation is 2. The van der Waals surface area contributed by atoms with Gasteiger partial charge in [-0.3, -0.25) is 0 Å². The molecule has 8 heteroatoms. The van der Waals surface area contributed by atoms with Crippen LogP contribution in [0.3, 0.4) is 0 Å². The fourth-order valence-electron chi connectivity index (χ4n) is 3.04. The topological polar surface area (TPSA) is 87.8 Å². The monoisotopic (exact) mass is 384 g/mol. The van der Waals surface area contributed by atoms with Crippen molar-refractivity contribution in [1.82, 2.24) is 19.8 Å². The first kappa shape index (κ1) is 19.6. The molecule has 28 heavy (non-hydrogen) atoms. The summed E-state index contributed by atoms with van der Waals surface area (Å²) < 4.78 is 17.6. The van der Waals surface area contributed by atoms with Crippen LogP contribution in [0.25, 0.3) is 16.8 Å². The lowest BCUT2D eigenvalue weighted by Gasteiger charge is -2.10. The van der Waals surface area contributed by atoms with Gasteiger partial charge in [0, 0.05) is 0 Å². The van der Waals surface area contributed by atoms with Crippen molar-refractivity contribution in [2.45, 2.75) is 40.2 Å². The summed E-state index contributed by atoms with van der Waals surface area (Å²) in [5.41, 5.74) is 3.89. The first-order valence-corrected chi connectivity index (χ1v) is 9.09. The van der Waals surface area contributed by atoms with Crippen molar-refractivity contribution in [1.29, 1.82) is 0 Å². The summed E-state index contributed by atoms with van der Waals surface area (Å²) in [6, 6.07) is 5.65. The molecule has 0 bridgehead atoms. The van der Waals surface area contributed by atoms with Crippen LogP contribution in [-0.2, 0) is 11.2 Å². The van der Waals surface area contributed by atoms with Gasteiger partial charge in [-0.05, 0) is 44.9 Å². The summed E-state index contributed by atoms with van der Waals surface area (Å²) in [7, 11) is 3.19. The van der Waals surface area contributed by atoms with E-state index in [1.54, 1.807) is 39.5 Å². The van der Waals surface area contributed by atoms with Gasteiger partial charge in [0.15, 0.2) is 22.8 Å². The van der Waals surface area contributed by atoms with Crippen LogP contribution in [0.1, 0.15) is 42.6 Å². The molecule has 148 valence electrons. The third kappa shape index (κ3) is 3.37. The van der Waals surface area contributed by atoms with Gasteiger partial charge in [0.05, 0.1) is 37.3 Å². The van der Waals surface area contributed by atoms with Gasteiger partial charge in [0.25, 0.3) is 0 Å². The molecule has 0 fully saturated rings. The summed E-state index contributed by atoms with van der Waals surface area (Å²) in [6.07, 6.45) is 0.452. The van der Waals surface area contributed by atoms with E-state index >= 15 is 0 Å². The first-order chi connectivity index (χ1) is 13.4. The third-order valence-corrected chi connectivity index (χ3v) is 4.38. The molecule has 0 spiro atoms. The van der Waals surface area contributed by atoms with Crippen molar-refractivity contribution in [2.75, 3.05) is 14.2 Å². The minimum atomic E-state index is -0.511. The summed E-state index contributed by atoms with van der Waals surface area (Å²) in [5, 5.41) is 13.1. The number of fused-ring (bicyclic) bond motifs is 1. The smallest absolute Gasteiger partial charge is 0.361 e. The van der Waals surface area contributed by atoms with Crippen LogP contribution in [0.5, 0.6) is 11.5 Å². The Labute approximate surface area is 163 Å². The molecule has 0 amide bonds. The van der Waals surface area contributed by atoms with Crippen LogP contribution >= 0.6 is 0 Å². The average molecular weight is 384 g/mol. The van der Waals surface area contributed by atoms with Gasteiger partial charge < -0.3 is 14.2 Å². The van der Waals surface area contributed by atoms with Crippen molar-refractivity contribution in [2.24, 2.45) is 0 Å². The highest BCUT2D eigenvalue weighted by Crippen LogP contribution is 2.35. The molecule has 8 nitrogen and oxygen atoms in total. The van der Waals surface area contributed by atoms with E-state index in [2.05, 4.69) is 15.3 Å². The number of aromatic nitrogens is 4. The molecule has 0 atom stereocenters. The molecule has 0 aliphatic heterocycles. The van der Waals surface area contributed by atoms with Gasteiger partial charge in [-0.15, -0.1) is 10.2 Å². The molecule has 0 N–H and O–H groups in total. The van der Waals surface area contributed by atoms with Crippen LogP contribution in [0.15, 0.2) is 18.2 Å². The Hall–Kier alpha value is -3.16. The molecule has 0 saturated carbocycles. The predicted octanol–water partition coefficient (Wildman–Crippen LogP) is 3.24. The maximum atomic E-state index is 12.3. The van der Waals surface area contributed by atoms with Gasteiger partial charge in [-0.2, -0.15) is 5.10 Å². The lowest BCUT2D eigenvalue weighted by Crippen LogP contribution is -2.17. The van der Waals surface area contributed by atoms with E-state index in [-0.39, 0.29) is 11.8 Å². The minimum absolute atomic E-state index is 0.158. The van der Waals surface area contributed by atoms with Crippen LogP contribution in [0.2, 0.25) is 0 Å². The molecular formula is C20H24N4O4. The maximum Gasteiger partial charge on any atom is 0.361 e. The molecule has 2 heterocycles. The summed E-state index contributed by atoms with van der Waals surface area (Å²) in [5.74, 6) is 0.744. The number of nitrogens with zero attached hydrogens (tertiary/aromatic N) is 4. The lowest BCUT2D eigenvalue weighted by atomic mass is 10.0. The maximum absolute atomic E-state index is 12.3. The van der Waals surface area contributed by atoms with Crippen LogP contribution in [-0.4, -0.2) is 46.1 Å². The molecule has 0 aliphatic carbocycles. The number of esters is 1. The van der Waals surface area contributed by atoms with Crippen molar-refractivity contribution in [3.63, 3.8) is 0 Å². The van der Waals surface area contributed by atoms with E-state index < -0.39 is 5.97 Å². The van der Waals surface area contributed by atoms with E-state index in [4.69, 9.17) is 14.2 Å². The normalized spacial score (nSPS) is 11.1. The summed E-state index contributed by atoms with van der Waals surface area (Å²) >= 11 is 0. The van der Waals surface area contributed by atoms with Crippen molar-refractivity contribution in [3.05, 3.63) is 35.3 Å². The van der Waals surface area contributed by atoms with Crippen LogP contribution in [0.4, 0.5) is 0 Å². The Morgan fingerprint density at radius 3 is 2.46 bits per heavy atom. The fraction of sp³-hybridized carbons (Fsp3) is 0.400. The third-order valence-electron chi connectivity index (χ3n) is 4.38. The number of methoxy groups -OCH3 is 2. The van der Waals surface area contributed by atoms with Gasteiger partial charge in [-0.1, -0.05) is 13.0 Å².